The highest BCUT2D eigenvalue weighted by Crippen LogP contribution is 2.41. The molecule has 3 aromatic rings. The summed E-state index contributed by atoms with van der Waals surface area (Å²) in [7, 11) is 2.19. The standard InChI is InChI=1S/C24H26F2N4/c1-28-13-14-30-22(19-3-2-4-21(26)15-19)16-27-23(30)24(28)9-11-29(12-10-24)17-18-5-7-20(25)8-6-18/h2-8,15-16H,9-14,17H2,1H3. The number of likely N-dealkylation sites (tertiary alicyclic amines) is 1. The van der Waals surface area contributed by atoms with Crippen LogP contribution in [0.5, 0.6) is 0 Å². The predicted octanol–water partition coefficient (Wildman–Crippen LogP) is 4.27. The lowest BCUT2D eigenvalue weighted by Gasteiger charge is -2.49. The van der Waals surface area contributed by atoms with Gasteiger partial charge in [-0.05, 0) is 49.7 Å². The molecule has 1 fully saturated rings. The molecule has 0 N–H and O–H groups in total. The van der Waals surface area contributed by atoms with E-state index >= 15 is 0 Å². The third-order valence-electron chi connectivity index (χ3n) is 6.78. The van der Waals surface area contributed by atoms with Crippen molar-refractivity contribution in [3.63, 3.8) is 0 Å². The normalized spacial score (nSPS) is 19.2. The van der Waals surface area contributed by atoms with E-state index in [2.05, 4.69) is 21.4 Å². The molecule has 2 aromatic carbocycles. The van der Waals surface area contributed by atoms with Gasteiger partial charge in [-0.3, -0.25) is 9.80 Å². The van der Waals surface area contributed by atoms with Crippen molar-refractivity contribution in [2.45, 2.75) is 31.5 Å². The Morgan fingerprint density at radius 3 is 2.43 bits per heavy atom. The molecule has 0 saturated carbocycles. The number of hydrogen-bond acceptors (Lipinski definition) is 3. The van der Waals surface area contributed by atoms with Crippen LogP contribution in [0.15, 0.2) is 54.7 Å². The van der Waals surface area contributed by atoms with Gasteiger partial charge in [-0.15, -0.1) is 0 Å². The predicted molar refractivity (Wildman–Crippen MR) is 113 cm³/mol. The van der Waals surface area contributed by atoms with Gasteiger partial charge in [-0.25, -0.2) is 13.8 Å². The van der Waals surface area contributed by atoms with Gasteiger partial charge in [0.25, 0.3) is 0 Å². The van der Waals surface area contributed by atoms with E-state index in [1.807, 2.05) is 24.4 Å². The van der Waals surface area contributed by atoms with Gasteiger partial charge in [0.1, 0.15) is 17.5 Å². The first kappa shape index (κ1) is 19.4. The van der Waals surface area contributed by atoms with Crippen molar-refractivity contribution in [1.82, 2.24) is 19.4 Å². The lowest BCUT2D eigenvalue weighted by atomic mass is 9.83. The molecule has 6 heteroatoms. The van der Waals surface area contributed by atoms with Crippen molar-refractivity contribution in [2.24, 2.45) is 0 Å². The molecule has 1 spiro atoms. The highest BCUT2D eigenvalue weighted by atomic mass is 19.1. The van der Waals surface area contributed by atoms with E-state index in [-0.39, 0.29) is 17.2 Å². The van der Waals surface area contributed by atoms with Gasteiger partial charge < -0.3 is 4.57 Å². The summed E-state index contributed by atoms with van der Waals surface area (Å²) in [5, 5.41) is 0. The largest absolute Gasteiger partial charge is 0.325 e. The van der Waals surface area contributed by atoms with E-state index < -0.39 is 0 Å². The fourth-order valence-corrected chi connectivity index (χ4v) is 5.02. The molecule has 0 radical (unpaired) electrons. The van der Waals surface area contributed by atoms with Crippen molar-refractivity contribution in [3.8, 4) is 11.3 Å². The van der Waals surface area contributed by atoms with Crippen molar-refractivity contribution in [3.05, 3.63) is 77.8 Å². The van der Waals surface area contributed by atoms with Crippen molar-refractivity contribution >= 4 is 0 Å². The number of aromatic nitrogens is 2. The molecule has 4 nitrogen and oxygen atoms in total. The Hall–Kier alpha value is -2.57. The number of rotatable bonds is 3. The lowest BCUT2D eigenvalue weighted by Crippen LogP contribution is -2.56. The maximum atomic E-state index is 13.8. The molecule has 1 saturated heterocycles. The van der Waals surface area contributed by atoms with Crippen LogP contribution in [0.4, 0.5) is 8.78 Å². The summed E-state index contributed by atoms with van der Waals surface area (Å²) in [6, 6.07) is 13.5. The highest BCUT2D eigenvalue weighted by Gasteiger charge is 2.45. The Morgan fingerprint density at radius 2 is 1.70 bits per heavy atom. The van der Waals surface area contributed by atoms with Gasteiger partial charge in [0.05, 0.1) is 17.4 Å². The first-order valence-corrected chi connectivity index (χ1v) is 10.6. The molecule has 1 aromatic heterocycles. The monoisotopic (exact) mass is 408 g/mol. The molecule has 0 aliphatic carbocycles. The van der Waals surface area contributed by atoms with Gasteiger partial charge in [0.15, 0.2) is 0 Å². The van der Waals surface area contributed by atoms with Crippen LogP contribution in [-0.2, 0) is 18.6 Å². The first-order chi connectivity index (χ1) is 14.5. The minimum absolute atomic E-state index is 0.0941. The molecule has 0 atom stereocenters. The summed E-state index contributed by atoms with van der Waals surface area (Å²) in [6.07, 6.45) is 3.88. The van der Waals surface area contributed by atoms with Crippen molar-refractivity contribution < 1.29 is 8.78 Å². The molecule has 156 valence electrons. The summed E-state index contributed by atoms with van der Waals surface area (Å²) in [4.78, 5) is 9.72. The summed E-state index contributed by atoms with van der Waals surface area (Å²) >= 11 is 0. The molecule has 3 heterocycles. The summed E-state index contributed by atoms with van der Waals surface area (Å²) < 4.78 is 29.2. The number of imidazole rings is 1. The SMILES string of the molecule is CN1CCn2c(-c3cccc(F)c3)cnc2C12CCN(Cc1ccc(F)cc1)CC2. The van der Waals surface area contributed by atoms with Crippen molar-refractivity contribution in [1.29, 1.82) is 0 Å². The number of likely N-dealkylation sites (N-methyl/N-ethyl adjacent to an activating group) is 1. The van der Waals surface area contributed by atoms with Crippen molar-refractivity contribution in [2.75, 3.05) is 26.7 Å². The summed E-state index contributed by atoms with van der Waals surface area (Å²) in [5.74, 6) is 0.679. The third-order valence-corrected chi connectivity index (χ3v) is 6.78. The topological polar surface area (TPSA) is 24.3 Å². The van der Waals surface area contributed by atoms with E-state index in [9.17, 15) is 8.78 Å². The summed E-state index contributed by atoms with van der Waals surface area (Å²) in [6.45, 7) is 4.57. The molecule has 2 aliphatic rings. The Kier molecular flexibility index (Phi) is 4.91. The molecule has 0 amide bonds. The summed E-state index contributed by atoms with van der Waals surface area (Å²) in [5.41, 5.74) is 2.91. The van der Waals surface area contributed by atoms with E-state index in [1.165, 1.54) is 18.2 Å². The smallest absolute Gasteiger partial charge is 0.129 e. The molecular weight excluding hydrogens is 382 g/mol. The quantitative estimate of drug-likeness (QED) is 0.647. The van der Waals surface area contributed by atoms with E-state index in [0.29, 0.717) is 0 Å². The van der Waals surface area contributed by atoms with Crippen LogP contribution in [0, 0.1) is 11.6 Å². The average Bonchev–Trinajstić information content (AvgIpc) is 3.19. The zero-order valence-corrected chi connectivity index (χ0v) is 17.2. The van der Waals surface area contributed by atoms with E-state index in [1.54, 1.807) is 12.1 Å². The fourth-order valence-electron chi connectivity index (χ4n) is 5.02. The Morgan fingerprint density at radius 1 is 0.933 bits per heavy atom. The average molecular weight is 408 g/mol. The molecule has 5 rings (SSSR count). The van der Waals surface area contributed by atoms with E-state index in [4.69, 9.17) is 4.98 Å². The van der Waals surface area contributed by atoms with Crippen LogP contribution in [-0.4, -0.2) is 46.0 Å². The van der Waals surface area contributed by atoms with Gasteiger partial charge in [0, 0.05) is 38.3 Å². The van der Waals surface area contributed by atoms with Gasteiger partial charge in [0.2, 0.25) is 0 Å². The molecular formula is C24H26F2N4. The Labute approximate surface area is 175 Å². The number of benzene rings is 2. The van der Waals surface area contributed by atoms with Crippen LogP contribution in [0.2, 0.25) is 0 Å². The van der Waals surface area contributed by atoms with Crippen LogP contribution < -0.4 is 0 Å². The zero-order chi connectivity index (χ0) is 20.7. The molecule has 2 aliphatic heterocycles. The maximum Gasteiger partial charge on any atom is 0.129 e. The maximum absolute atomic E-state index is 13.8. The first-order valence-electron chi connectivity index (χ1n) is 10.6. The minimum Gasteiger partial charge on any atom is -0.325 e. The van der Waals surface area contributed by atoms with E-state index in [0.717, 1.165) is 68.2 Å². The highest BCUT2D eigenvalue weighted by molar-refractivity contribution is 5.60. The number of hydrogen-bond donors (Lipinski definition) is 0. The third kappa shape index (κ3) is 3.34. The lowest BCUT2D eigenvalue weighted by molar-refractivity contribution is 0.00700. The number of nitrogens with zero attached hydrogens (tertiary/aromatic N) is 4. The van der Waals surface area contributed by atoms with Crippen LogP contribution >= 0.6 is 0 Å². The second-order valence-electron chi connectivity index (χ2n) is 8.48. The van der Waals surface area contributed by atoms with Crippen LogP contribution in [0.25, 0.3) is 11.3 Å². The number of piperidine rings is 1. The molecule has 0 bridgehead atoms. The minimum atomic E-state index is -0.222. The molecule has 30 heavy (non-hydrogen) atoms. The zero-order valence-electron chi connectivity index (χ0n) is 17.2. The van der Waals surface area contributed by atoms with Gasteiger partial charge in [-0.1, -0.05) is 24.3 Å². The Bertz CT molecular complexity index is 1040. The fraction of sp³-hybridized carbons (Fsp3) is 0.375. The van der Waals surface area contributed by atoms with Crippen LogP contribution in [0.1, 0.15) is 24.2 Å². The Balaban J connectivity index is 1.39. The molecule has 0 unspecified atom stereocenters. The van der Waals surface area contributed by atoms with Crippen LogP contribution in [0.3, 0.4) is 0 Å². The number of halogens is 2. The van der Waals surface area contributed by atoms with Gasteiger partial charge >= 0.3 is 0 Å². The second-order valence-corrected chi connectivity index (χ2v) is 8.48. The van der Waals surface area contributed by atoms with Gasteiger partial charge in [-0.2, -0.15) is 0 Å². The number of fused-ring (bicyclic) bond motifs is 2. The second kappa shape index (κ2) is 7.60.